The third kappa shape index (κ3) is 2.52. The lowest BCUT2D eigenvalue weighted by molar-refractivity contribution is -0.115. The van der Waals surface area contributed by atoms with Gasteiger partial charge in [-0.25, -0.2) is 4.98 Å². The molecular formula is C17H17N3OS. The van der Waals surface area contributed by atoms with Crippen molar-refractivity contribution in [1.82, 2.24) is 9.97 Å². The van der Waals surface area contributed by atoms with E-state index in [2.05, 4.69) is 26.7 Å². The van der Waals surface area contributed by atoms with E-state index in [1.165, 1.54) is 24.2 Å². The van der Waals surface area contributed by atoms with Gasteiger partial charge in [0.1, 0.15) is 0 Å². The second-order valence-electron chi connectivity index (χ2n) is 5.85. The van der Waals surface area contributed by atoms with Crippen LogP contribution >= 0.6 is 11.3 Å². The van der Waals surface area contributed by atoms with E-state index in [9.17, 15) is 4.79 Å². The maximum atomic E-state index is 12.3. The number of thiazole rings is 1. The van der Waals surface area contributed by atoms with E-state index in [1.54, 1.807) is 0 Å². The van der Waals surface area contributed by atoms with Crippen molar-refractivity contribution in [3.05, 3.63) is 46.6 Å². The molecule has 1 fully saturated rings. The first kappa shape index (κ1) is 13.5. The number of fused-ring (bicyclic) bond motifs is 1. The largest absolute Gasteiger partial charge is 0.358 e. The Morgan fingerprint density at radius 1 is 1.41 bits per heavy atom. The van der Waals surface area contributed by atoms with Gasteiger partial charge in [-0.15, -0.1) is 11.3 Å². The molecule has 1 amide bonds. The predicted molar refractivity (Wildman–Crippen MR) is 89.5 cm³/mol. The van der Waals surface area contributed by atoms with Gasteiger partial charge in [0.05, 0.1) is 12.1 Å². The number of hydrogen-bond acceptors (Lipinski definition) is 3. The molecule has 1 aliphatic rings. The number of hydrogen-bond donors (Lipinski definition) is 2. The Morgan fingerprint density at radius 3 is 3.05 bits per heavy atom. The summed E-state index contributed by atoms with van der Waals surface area (Å²) in [6.45, 7) is 2.01. The Bertz CT molecular complexity index is 845. The van der Waals surface area contributed by atoms with E-state index in [1.807, 2.05) is 25.1 Å². The highest BCUT2D eigenvalue weighted by atomic mass is 32.1. The van der Waals surface area contributed by atoms with Gasteiger partial charge in [0.2, 0.25) is 5.91 Å². The minimum absolute atomic E-state index is 0.00968. The fourth-order valence-corrected chi connectivity index (χ4v) is 3.61. The number of benzene rings is 1. The maximum Gasteiger partial charge on any atom is 0.230 e. The van der Waals surface area contributed by atoms with Crippen LogP contribution in [0.4, 0.5) is 5.13 Å². The van der Waals surface area contributed by atoms with Crippen LogP contribution in [0.5, 0.6) is 0 Å². The number of aryl methyl sites for hydroxylation is 1. The molecule has 22 heavy (non-hydrogen) atoms. The zero-order valence-electron chi connectivity index (χ0n) is 12.3. The molecular weight excluding hydrogens is 294 g/mol. The molecule has 0 radical (unpaired) electrons. The number of aromatic amines is 1. The van der Waals surface area contributed by atoms with Gasteiger partial charge in [-0.1, -0.05) is 18.2 Å². The molecule has 4 nitrogen and oxygen atoms in total. The van der Waals surface area contributed by atoms with Crippen molar-refractivity contribution in [2.24, 2.45) is 0 Å². The van der Waals surface area contributed by atoms with E-state index in [0.717, 1.165) is 27.9 Å². The number of H-pyrrole nitrogens is 1. The van der Waals surface area contributed by atoms with Crippen LogP contribution < -0.4 is 5.32 Å². The molecule has 0 atom stereocenters. The van der Waals surface area contributed by atoms with Crippen LogP contribution in [-0.2, 0) is 11.2 Å². The molecule has 3 aromatic rings. The number of anilines is 1. The Hall–Kier alpha value is -2.14. The van der Waals surface area contributed by atoms with Crippen molar-refractivity contribution in [2.45, 2.75) is 32.1 Å². The number of aromatic nitrogens is 2. The third-order valence-electron chi connectivity index (χ3n) is 4.13. The van der Waals surface area contributed by atoms with Crippen molar-refractivity contribution in [2.75, 3.05) is 5.32 Å². The number of amides is 1. The lowest BCUT2D eigenvalue weighted by Gasteiger charge is -2.02. The standard InChI is InChI=1S/C17H17N3OS/c1-10-13(12-4-2-3-5-14(12)18-10)8-16(21)20-17-19-15(9-22-17)11-6-7-11/h2-5,9,11,18H,6-8H2,1H3,(H,19,20,21). The summed E-state index contributed by atoms with van der Waals surface area (Å²) in [4.78, 5) is 20.1. The normalized spacial score (nSPS) is 14.4. The number of rotatable bonds is 4. The molecule has 112 valence electrons. The molecule has 2 aromatic heterocycles. The summed E-state index contributed by atoms with van der Waals surface area (Å²) in [5.41, 5.74) is 4.32. The molecule has 4 rings (SSSR count). The Kier molecular flexibility index (Phi) is 3.22. The van der Waals surface area contributed by atoms with E-state index in [0.29, 0.717) is 17.5 Å². The second kappa shape index (κ2) is 5.25. The zero-order chi connectivity index (χ0) is 15.1. The summed E-state index contributed by atoms with van der Waals surface area (Å²) in [7, 11) is 0. The Morgan fingerprint density at radius 2 is 2.23 bits per heavy atom. The fourth-order valence-electron chi connectivity index (χ4n) is 2.80. The van der Waals surface area contributed by atoms with Gasteiger partial charge in [0, 0.05) is 27.9 Å². The van der Waals surface area contributed by atoms with Crippen molar-refractivity contribution in [3.8, 4) is 0 Å². The van der Waals surface area contributed by atoms with Crippen LogP contribution in [0.25, 0.3) is 10.9 Å². The second-order valence-corrected chi connectivity index (χ2v) is 6.71. The lowest BCUT2D eigenvalue weighted by Crippen LogP contribution is -2.14. The molecule has 1 aliphatic carbocycles. The molecule has 0 unspecified atom stereocenters. The lowest BCUT2D eigenvalue weighted by atomic mass is 10.1. The number of carbonyl (C=O) groups excluding carboxylic acids is 1. The topological polar surface area (TPSA) is 57.8 Å². The number of nitrogens with one attached hydrogen (secondary N) is 2. The highest BCUT2D eigenvalue weighted by molar-refractivity contribution is 7.13. The Balaban J connectivity index is 1.51. The van der Waals surface area contributed by atoms with Crippen molar-refractivity contribution < 1.29 is 4.79 Å². The van der Waals surface area contributed by atoms with E-state index < -0.39 is 0 Å². The highest BCUT2D eigenvalue weighted by Gasteiger charge is 2.26. The molecule has 0 saturated heterocycles. The van der Waals surface area contributed by atoms with Crippen LogP contribution in [0.15, 0.2) is 29.6 Å². The van der Waals surface area contributed by atoms with Gasteiger partial charge in [0.25, 0.3) is 0 Å². The molecule has 2 heterocycles. The number of para-hydroxylation sites is 1. The van der Waals surface area contributed by atoms with Gasteiger partial charge < -0.3 is 10.3 Å². The van der Waals surface area contributed by atoms with E-state index >= 15 is 0 Å². The summed E-state index contributed by atoms with van der Waals surface area (Å²) in [5, 5.41) is 6.82. The third-order valence-corrected chi connectivity index (χ3v) is 4.90. The molecule has 1 aromatic carbocycles. The zero-order valence-corrected chi connectivity index (χ0v) is 13.2. The van der Waals surface area contributed by atoms with Crippen LogP contribution in [-0.4, -0.2) is 15.9 Å². The van der Waals surface area contributed by atoms with Gasteiger partial charge in [-0.3, -0.25) is 4.79 Å². The molecule has 0 spiro atoms. The predicted octanol–water partition coefficient (Wildman–Crippen LogP) is 3.99. The quantitative estimate of drug-likeness (QED) is 0.765. The SMILES string of the molecule is Cc1[nH]c2ccccc2c1CC(=O)Nc1nc(C2CC2)cs1. The van der Waals surface area contributed by atoms with Gasteiger partial charge in [0.15, 0.2) is 5.13 Å². The van der Waals surface area contributed by atoms with Gasteiger partial charge in [-0.2, -0.15) is 0 Å². The van der Waals surface area contributed by atoms with Crippen LogP contribution in [0.2, 0.25) is 0 Å². The number of carbonyl (C=O) groups is 1. The minimum Gasteiger partial charge on any atom is -0.358 e. The first-order chi connectivity index (χ1) is 10.7. The van der Waals surface area contributed by atoms with Crippen LogP contribution in [0.1, 0.15) is 35.7 Å². The molecule has 1 saturated carbocycles. The molecule has 2 N–H and O–H groups in total. The first-order valence-corrected chi connectivity index (χ1v) is 8.40. The van der Waals surface area contributed by atoms with Crippen molar-refractivity contribution >= 4 is 33.3 Å². The van der Waals surface area contributed by atoms with Gasteiger partial charge >= 0.3 is 0 Å². The fraction of sp³-hybridized carbons (Fsp3) is 0.294. The van der Waals surface area contributed by atoms with Crippen LogP contribution in [0, 0.1) is 6.92 Å². The summed E-state index contributed by atoms with van der Waals surface area (Å²) in [5.74, 6) is 0.613. The van der Waals surface area contributed by atoms with Crippen molar-refractivity contribution in [3.63, 3.8) is 0 Å². The van der Waals surface area contributed by atoms with Gasteiger partial charge in [-0.05, 0) is 31.4 Å². The van der Waals surface area contributed by atoms with E-state index in [4.69, 9.17) is 0 Å². The minimum atomic E-state index is -0.00968. The van der Waals surface area contributed by atoms with E-state index in [-0.39, 0.29) is 5.91 Å². The van der Waals surface area contributed by atoms with Crippen molar-refractivity contribution in [1.29, 1.82) is 0 Å². The summed E-state index contributed by atoms with van der Waals surface area (Å²) in [6, 6.07) is 8.08. The average molecular weight is 311 g/mol. The monoisotopic (exact) mass is 311 g/mol. The summed E-state index contributed by atoms with van der Waals surface area (Å²) < 4.78 is 0. The number of nitrogens with zero attached hydrogens (tertiary/aromatic N) is 1. The molecule has 0 bridgehead atoms. The highest BCUT2D eigenvalue weighted by Crippen LogP contribution is 2.40. The summed E-state index contributed by atoms with van der Waals surface area (Å²) in [6.07, 6.45) is 2.82. The first-order valence-electron chi connectivity index (χ1n) is 7.52. The molecule has 5 heteroatoms. The van der Waals surface area contributed by atoms with Crippen LogP contribution in [0.3, 0.4) is 0 Å². The molecule has 0 aliphatic heterocycles. The maximum absolute atomic E-state index is 12.3. The summed E-state index contributed by atoms with van der Waals surface area (Å²) >= 11 is 1.52. The smallest absolute Gasteiger partial charge is 0.230 e. The Labute approximate surface area is 132 Å². The average Bonchev–Trinajstić information content (AvgIpc) is 3.18.